The Balaban J connectivity index is 3.39. The van der Waals surface area contributed by atoms with Crippen LogP contribution in [0.25, 0.3) is 0 Å². The van der Waals surface area contributed by atoms with E-state index in [0.29, 0.717) is 12.1 Å². The minimum Gasteiger partial charge on any atom is -0.387 e. The van der Waals surface area contributed by atoms with E-state index >= 15 is 0 Å². The molecule has 1 atom stereocenters. The van der Waals surface area contributed by atoms with Crippen LogP contribution in [0.5, 0.6) is 0 Å². The van der Waals surface area contributed by atoms with Crippen LogP contribution in [0.15, 0.2) is 18.2 Å². The van der Waals surface area contributed by atoms with Gasteiger partial charge in [-0.2, -0.15) is 26.3 Å². The first-order valence-electron chi connectivity index (χ1n) is 4.59. The summed E-state index contributed by atoms with van der Waals surface area (Å²) in [4.78, 5) is 0. The molecule has 0 spiro atoms. The lowest BCUT2D eigenvalue weighted by Crippen LogP contribution is -2.13. The maximum atomic E-state index is 12.4. The van der Waals surface area contributed by atoms with Gasteiger partial charge in [-0.1, -0.05) is 0 Å². The average molecular weight is 293 g/mol. The predicted molar refractivity (Wildman–Crippen MR) is 52.1 cm³/mol. The molecule has 1 unspecified atom stereocenters. The summed E-state index contributed by atoms with van der Waals surface area (Å²) >= 11 is 5.21. The Hall–Kier alpha value is -0.950. The molecule has 0 bridgehead atoms. The molecule has 0 saturated heterocycles. The molecule has 1 rings (SSSR count). The second kappa shape index (κ2) is 4.97. The van der Waals surface area contributed by atoms with Crippen molar-refractivity contribution in [3.63, 3.8) is 0 Å². The largest absolute Gasteiger partial charge is 0.416 e. The minimum absolute atomic E-state index is 0.00947. The normalized spacial score (nSPS) is 14.7. The number of hydrogen-bond acceptors (Lipinski definition) is 1. The molecule has 0 fully saturated rings. The summed E-state index contributed by atoms with van der Waals surface area (Å²) in [6.45, 7) is 0. The summed E-state index contributed by atoms with van der Waals surface area (Å²) in [5, 5.41) is 9.24. The number of alkyl halides is 7. The molecule has 18 heavy (non-hydrogen) atoms. The zero-order valence-electron chi connectivity index (χ0n) is 8.61. The van der Waals surface area contributed by atoms with E-state index in [-0.39, 0.29) is 6.07 Å². The molecule has 0 saturated carbocycles. The molecule has 0 aliphatic carbocycles. The van der Waals surface area contributed by atoms with Gasteiger partial charge in [0, 0.05) is 0 Å². The lowest BCUT2D eigenvalue weighted by Gasteiger charge is -2.16. The van der Waals surface area contributed by atoms with Gasteiger partial charge in [-0.25, -0.2) is 0 Å². The van der Waals surface area contributed by atoms with Crippen LogP contribution >= 0.6 is 11.6 Å². The second-order valence-electron chi connectivity index (χ2n) is 3.51. The predicted octanol–water partition coefficient (Wildman–Crippen LogP) is 4.00. The molecular formula is C10H7ClF6O. The van der Waals surface area contributed by atoms with E-state index in [1.54, 1.807) is 0 Å². The summed E-state index contributed by atoms with van der Waals surface area (Å²) in [6, 6.07) is 0.884. The number of hydrogen-bond donors (Lipinski definition) is 1. The third-order valence-electron chi connectivity index (χ3n) is 2.14. The van der Waals surface area contributed by atoms with Gasteiger partial charge in [-0.3, -0.25) is 0 Å². The highest BCUT2D eigenvalue weighted by molar-refractivity contribution is 6.18. The van der Waals surface area contributed by atoms with Gasteiger partial charge in [0.25, 0.3) is 0 Å². The molecule has 102 valence electrons. The Morgan fingerprint density at radius 1 is 0.944 bits per heavy atom. The topological polar surface area (TPSA) is 20.2 Å². The molecule has 1 nitrogen and oxygen atoms in total. The third-order valence-corrected chi connectivity index (χ3v) is 2.43. The molecule has 1 aromatic rings. The number of aliphatic hydroxyl groups excluding tert-OH is 1. The lowest BCUT2D eigenvalue weighted by molar-refractivity contribution is -0.143. The molecule has 1 N–H and O–H groups in total. The van der Waals surface area contributed by atoms with Crippen LogP contribution in [0.2, 0.25) is 0 Å². The summed E-state index contributed by atoms with van der Waals surface area (Å²) < 4.78 is 74.5. The Labute approximate surface area is 103 Å². The highest BCUT2D eigenvalue weighted by Gasteiger charge is 2.37. The van der Waals surface area contributed by atoms with Gasteiger partial charge in [-0.05, 0) is 23.8 Å². The summed E-state index contributed by atoms with van der Waals surface area (Å²) in [7, 11) is 0. The first-order chi connectivity index (χ1) is 8.05. The third kappa shape index (κ3) is 3.52. The van der Waals surface area contributed by atoms with Crippen molar-refractivity contribution in [3.05, 3.63) is 34.9 Å². The maximum Gasteiger partial charge on any atom is 0.416 e. The van der Waals surface area contributed by atoms with Crippen LogP contribution in [0, 0.1) is 0 Å². The number of benzene rings is 1. The minimum atomic E-state index is -4.93. The lowest BCUT2D eigenvalue weighted by atomic mass is 10.0. The number of rotatable bonds is 2. The number of aliphatic hydroxyl groups is 1. The molecule has 1 aromatic carbocycles. The molecule has 0 aliphatic rings. The Morgan fingerprint density at radius 3 is 1.61 bits per heavy atom. The summed E-state index contributed by atoms with van der Waals surface area (Å²) in [5.41, 5.74) is -3.47. The van der Waals surface area contributed by atoms with Crippen molar-refractivity contribution in [1.82, 2.24) is 0 Å². The van der Waals surface area contributed by atoms with E-state index in [1.165, 1.54) is 0 Å². The maximum absolute atomic E-state index is 12.4. The highest BCUT2D eigenvalue weighted by Crippen LogP contribution is 2.37. The standard InChI is InChI=1S/C10H7ClF6O/c11-4-8(18)5-1-6(9(12,13)14)3-7(2-5)10(15,16)17/h1-3,8,18H,4H2. The Bertz CT molecular complexity index is 393. The molecule has 0 amide bonds. The van der Waals surface area contributed by atoms with Crippen LogP contribution in [0.3, 0.4) is 0 Å². The zero-order valence-corrected chi connectivity index (χ0v) is 9.37. The van der Waals surface area contributed by atoms with Crippen molar-refractivity contribution >= 4 is 11.6 Å². The van der Waals surface area contributed by atoms with Crippen molar-refractivity contribution in [2.75, 3.05) is 5.88 Å². The van der Waals surface area contributed by atoms with Gasteiger partial charge < -0.3 is 5.11 Å². The van der Waals surface area contributed by atoms with E-state index < -0.39 is 41.0 Å². The molecule has 0 aromatic heterocycles. The molecule has 8 heteroatoms. The fourth-order valence-electron chi connectivity index (χ4n) is 1.26. The van der Waals surface area contributed by atoms with Crippen LogP contribution in [-0.4, -0.2) is 11.0 Å². The second-order valence-corrected chi connectivity index (χ2v) is 3.82. The van der Waals surface area contributed by atoms with Crippen molar-refractivity contribution in [1.29, 1.82) is 0 Å². The zero-order chi connectivity index (χ0) is 14.1. The first-order valence-corrected chi connectivity index (χ1v) is 5.12. The fourth-order valence-corrected chi connectivity index (χ4v) is 1.44. The van der Waals surface area contributed by atoms with Crippen LogP contribution in [0.1, 0.15) is 22.8 Å². The Kier molecular flexibility index (Phi) is 4.17. The molecule has 0 heterocycles. The fraction of sp³-hybridized carbons (Fsp3) is 0.400. The van der Waals surface area contributed by atoms with Gasteiger partial charge in [0.15, 0.2) is 0 Å². The summed E-state index contributed by atoms with van der Waals surface area (Å²) in [6.07, 6.45) is -11.4. The first kappa shape index (κ1) is 15.1. The van der Waals surface area contributed by atoms with E-state index in [0.717, 1.165) is 0 Å². The molecule has 0 radical (unpaired) electrons. The Morgan fingerprint density at radius 2 is 1.33 bits per heavy atom. The van der Waals surface area contributed by atoms with Gasteiger partial charge >= 0.3 is 12.4 Å². The van der Waals surface area contributed by atoms with Crippen molar-refractivity contribution in [3.8, 4) is 0 Å². The van der Waals surface area contributed by atoms with E-state index in [2.05, 4.69) is 0 Å². The van der Waals surface area contributed by atoms with E-state index in [1.807, 2.05) is 0 Å². The van der Waals surface area contributed by atoms with Crippen LogP contribution < -0.4 is 0 Å². The van der Waals surface area contributed by atoms with E-state index in [9.17, 15) is 31.4 Å². The average Bonchev–Trinajstić information content (AvgIpc) is 2.25. The smallest absolute Gasteiger partial charge is 0.387 e. The molecular weight excluding hydrogens is 286 g/mol. The monoisotopic (exact) mass is 292 g/mol. The van der Waals surface area contributed by atoms with Crippen molar-refractivity contribution in [2.24, 2.45) is 0 Å². The van der Waals surface area contributed by atoms with Gasteiger partial charge in [0.1, 0.15) is 0 Å². The quantitative estimate of drug-likeness (QED) is 0.645. The SMILES string of the molecule is OC(CCl)c1cc(C(F)(F)F)cc(C(F)(F)F)c1. The van der Waals surface area contributed by atoms with Gasteiger partial charge in [0.2, 0.25) is 0 Å². The summed E-state index contributed by atoms with van der Waals surface area (Å²) in [5.74, 6) is -0.501. The van der Waals surface area contributed by atoms with Crippen molar-refractivity contribution < 1.29 is 31.4 Å². The number of halogens is 7. The van der Waals surface area contributed by atoms with Crippen LogP contribution in [-0.2, 0) is 12.4 Å². The van der Waals surface area contributed by atoms with Crippen molar-refractivity contribution in [2.45, 2.75) is 18.5 Å². The highest BCUT2D eigenvalue weighted by atomic mass is 35.5. The van der Waals surface area contributed by atoms with Gasteiger partial charge in [-0.15, -0.1) is 11.6 Å². The molecule has 0 aliphatic heterocycles. The van der Waals surface area contributed by atoms with E-state index in [4.69, 9.17) is 11.6 Å². The van der Waals surface area contributed by atoms with Gasteiger partial charge in [0.05, 0.1) is 23.1 Å². The van der Waals surface area contributed by atoms with Crippen LogP contribution in [0.4, 0.5) is 26.3 Å².